The second-order valence-electron chi connectivity index (χ2n) is 5.35. The summed E-state index contributed by atoms with van der Waals surface area (Å²) in [6.45, 7) is 5.64. The van der Waals surface area contributed by atoms with Gasteiger partial charge in [0.15, 0.2) is 0 Å². The van der Waals surface area contributed by atoms with Crippen LogP contribution in [0.4, 0.5) is 0 Å². The predicted molar refractivity (Wildman–Crippen MR) is 83.5 cm³/mol. The highest BCUT2D eigenvalue weighted by Crippen LogP contribution is 2.17. The van der Waals surface area contributed by atoms with Gasteiger partial charge in [0.2, 0.25) is 5.91 Å². The van der Waals surface area contributed by atoms with Crippen LogP contribution >= 0.6 is 11.6 Å². The van der Waals surface area contributed by atoms with Gasteiger partial charge in [0, 0.05) is 11.4 Å². The Morgan fingerprint density at radius 2 is 2.05 bits per heavy atom. The molecule has 1 amide bonds. The number of nitrogens with one attached hydrogen (secondary N) is 1. The van der Waals surface area contributed by atoms with Crippen LogP contribution < -0.4 is 5.32 Å². The van der Waals surface area contributed by atoms with Crippen molar-refractivity contribution in [2.75, 3.05) is 0 Å². The van der Waals surface area contributed by atoms with E-state index in [0.29, 0.717) is 17.9 Å². The van der Waals surface area contributed by atoms with E-state index in [0.717, 1.165) is 11.1 Å². The molecule has 0 heterocycles. The molecule has 2 N–H and O–H groups in total. The summed E-state index contributed by atoms with van der Waals surface area (Å²) in [5.41, 5.74) is 1.96. The van der Waals surface area contributed by atoms with Crippen LogP contribution in [0.1, 0.15) is 37.8 Å². The first-order valence-electron chi connectivity index (χ1n) is 7.12. The van der Waals surface area contributed by atoms with Crippen molar-refractivity contribution in [2.45, 2.75) is 46.1 Å². The number of hydrogen-bond acceptors (Lipinski definition) is 2. The maximum absolute atomic E-state index is 11.9. The first-order chi connectivity index (χ1) is 9.85. The van der Waals surface area contributed by atoms with Gasteiger partial charge in [-0.25, -0.2) is 4.79 Å². The van der Waals surface area contributed by atoms with Crippen molar-refractivity contribution < 1.29 is 14.7 Å². The number of hydrogen-bond donors (Lipinski definition) is 2. The highest BCUT2D eigenvalue weighted by molar-refractivity contribution is 6.31. The quantitative estimate of drug-likeness (QED) is 0.812. The molecule has 5 heteroatoms. The fourth-order valence-electron chi connectivity index (χ4n) is 1.98. The van der Waals surface area contributed by atoms with Crippen LogP contribution in [0.5, 0.6) is 0 Å². The SMILES string of the molecule is CCC(C)C(NC(=O)CCc1ccc(C)c(Cl)c1)C(=O)O. The zero-order valence-electron chi connectivity index (χ0n) is 12.6. The molecular weight excluding hydrogens is 290 g/mol. The standard InChI is InChI=1S/C16H22ClNO3/c1-4-10(2)15(16(20)21)18-14(19)8-7-12-6-5-11(3)13(17)9-12/h5-6,9-10,15H,4,7-8H2,1-3H3,(H,18,19)(H,20,21). The smallest absolute Gasteiger partial charge is 0.326 e. The zero-order valence-corrected chi connectivity index (χ0v) is 13.4. The number of carboxylic acid groups (broad SMARTS) is 1. The molecule has 116 valence electrons. The van der Waals surface area contributed by atoms with Crippen LogP contribution in [0.25, 0.3) is 0 Å². The molecule has 0 aliphatic carbocycles. The van der Waals surface area contributed by atoms with Gasteiger partial charge >= 0.3 is 5.97 Å². The molecule has 4 nitrogen and oxygen atoms in total. The first-order valence-corrected chi connectivity index (χ1v) is 7.50. The van der Waals surface area contributed by atoms with Gasteiger partial charge in [-0.1, -0.05) is 44.0 Å². The summed E-state index contributed by atoms with van der Waals surface area (Å²) in [5.74, 6) is -1.34. The van der Waals surface area contributed by atoms with E-state index in [9.17, 15) is 9.59 Å². The maximum Gasteiger partial charge on any atom is 0.326 e. The van der Waals surface area contributed by atoms with Crippen molar-refractivity contribution in [3.05, 3.63) is 34.3 Å². The summed E-state index contributed by atoms with van der Waals surface area (Å²) in [6, 6.07) is 4.85. The van der Waals surface area contributed by atoms with Gasteiger partial charge in [-0.05, 0) is 36.5 Å². The van der Waals surface area contributed by atoms with Crippen LogP contribution in [0, 0.1) is 12.8 Å². The zero-order chi connectivity index (χ0) is 16.0. The maximum atomic E-state index is 11.9. The third-order valence-electron chi connectivity index (χ3n) is 3.67. The van der Waals surface area contributed by atoms with Crippen LogP contribution in [0.15, 0.2) is 18.2 Å². The Bertz CT molecular complexity index is 516. The molecule has 1 aromatic rings. The monoisotopic (exact) mass is 311 g/mol. The molecule has 0 aliphatic heterocycles. The largest absolute Gasteiger partial charge is 0.480 e. The fraction of sp³-hybridized carbons (Fsp3) is 0.500. The van der Waals surface area contributed by atoms with Crippen molar-refractivity contribution >= 4 is 23.5 Å². The number of benzene rings is 1. The van der Waals surface area contributed by atoms with Crippen LogP contribution in [-0.4, -0.2) is 23.0 Å². The predicted octanol–water partition coefficient (Wildman–Crippen LogP) is 3.20. The van der Waals surface area contributed by atoms with E-state index >= 15 is 0 Å². The molecule has 1 rings (SSSR count). The summed E-state index contributed by atoms with van der Waals surface area (Å²) < 4.78 is 0. The summed E-state index contributed by atoms with van der Waals surface area (Å²) in [7, 11) is 0. The molecule has 0 fully saturated rings. The summed E-state index contributed by atoms with van der Waals surface area (Å²) in [5, 5.41) is 12.4. The summed E-state index contributed by atoms with van der Waals surface area (Å²) in [4.78, 5) is 23.1. The average molecular weight is 312 g/mol. The Kier molecular flexibility index (Phi) is 6.69. The molecule has 0 bridgehead atoms. The molecule has 2 atom stereocenters. The normalized spacial score (nSPS) is 13.5. The van der Waals surface area contributed by atoms with Crippen LogP contribution in [0.3, 0.4) is 0 Å². The molecule has 0 aromatic heterocycles. The van der Waals surface area contributed by atoms with E-state index < -0.39 is 12.0 Å². The number of rotatable bonds is 7. The lowest BCUT2D eigenvalue weighted by Gasteiger charge is -2.20. The second kappa shape index (κ2) is 8.03. The summed E-state index contributed by atoms with van der Waals surface area (Å²) >= 11 is 6.04. The minimum absolute atomic E-state index is 0.0970. The van der Waals surface area contributed by atoms with Gasteiger partial charge in [0.05, 0.1) is 0 Å². The van der Waals surface area contributed by atoms with E-state index in [2.05, 4.69) is 5.32 Å². The van der Waals surface area contributed by atoms with Gasteiger partial charge in [0.25, 0.3) is 0 Å². The molecule has 21 heavy (non-hydrogen) atoms. The molecular formula is C16H22ClNO3. The van der Waals surface area contributed by atoms with Crippen molar-refractivity contribution in [3.8, 4) is 0 Å². The third-order valence-corrected chi connectivity index (χ3v) is 4.08. The number of aryl methyl sites for hydroxylation is 2. The van der Waals surface area contributed by atoms with Crippen molar-refractivity contribution in [1.29, 1.82) is 0 Å². The van der Waals surface area contributed by atoms with Gasteiger partial charge in [0.1, 0.15) is 6.04 Å². The Hall–Kier alpha value is -1.55. The van der Waals surface area contributed by atoms with Crippen molar-refractivity contribution in [2.24, 2.45) is 5.92 Å². The highest BCUT2D eigenvalue weighted by atomic mass is 35.5. The minimum Gasteiger partial charge on any atom is -0.480 e. The van der Waals surface area contributed by atoms with E-state index in [1.165, 1.54) is 0 Å². The Morgan fingerprint density at radius 3 is 2.57 bits per heavy atom. The lowest BCUT2D eigenvalue weighted by Crippen LogP contribution is -2.45. The molecule has 0 radical (unpaired) electrons. The molecule has 0 aliphatic rings. The van der Waals surface area contributed by atoms with Gasteiger partial charge < -0.3 is 10.4 Å². The van der Waals surface area contributed by atoms with Crippen molar-refractivity contribution in [3.63, 3.8) is 0 Å². The number of carboxylic acids is 1. The Balaban J connectivity index is 2.56. The number of carbonyl (C=O) groups excluding carboxylic acids is 1. The van der Waals surface area contributed by atoms with E-state index in [-0.39, 0.29) is 18.2 Å². The second-order valence-corrected chi connectivity index (χ2v) is 5.76. The lowest BCUT2D eigenvalue weighted by atomic mass is 9.99. The van der Waals surface area contributed by atoms with E-state index in [1.54, 1.807) is 0 Å². The van der Waals surface area contributed by atoms with Crippen molar-refractivity contribution in [1.82, 2.24) is 5.32 Å². The van der Waals surface area contributed by atoms with Crippen LogP contribution in [-0.2, 0) is 16.0 Å². The topological polar surface area (TPSA) is 66.4 Å². The van der Waals surface area contributed by atoms with Crippen LogP contribution in [0.2, 0.25) is 5.02 Å². The molecule has 0 spiro atoms. The number of aliphatic carboxylic acids is 1. The molecule has 1 aromatic carbocycles. The van der Waals surface area contributed by atoms with Gasteiger partial charge in [-0.15, -0.1) is 0 Å². The Morgan fingerprint density at radius 1 is 1.38 bits per heavy atom. The molecule has 2 unspecified atom stereocenters. The van der Waals surface area contributed by atoms with E-state index in [1.807, 2.05) is 39.0 Å². The van der Waals surface area contributed by atoms with Gasteiger partial charge in [-0.2, -0.15) is 0 Å². The fourth-order valence-corrected chi connectivity index (χ4v) is 2.18. The number of carbonyl (C=O) groups is 2. The highest BCUT2D eigenvalue weighted by Gasteiger charge is 2.24. The molecule has 0 saturated carbocycles. The lowest BCUT2D eigenvalue weighted by molar-refractivity contribution is -0.143. The third kappa shape index (κ3) is 5.38. The molecule has 0 saturated heterocycles. The Labute approximate surface area is 130 Å². The number of halogens is 1. The summed E-state index contributed by atoms with van der Waals surface area (Å²) in [6.07, 6.45) is 1.49. The number of amides is 1. The minimum atomic E-state index is -0.990. The first kappa shape index (κ1) is 17.5. The average Bonchev–Trinajstić information content (AvgIpc) is 2.44. The van der Waals surface area contributed by atoms with Gasteiger partial charge in [-0.3, -0.25) is 4.79 Å². The van der Waals surface area contributed by atoms with E-state index in [4.69, 9.17) is 16.7 Å².